The third-order valence-corrected chi connectivity index (χ3v) is 4.25. The molecular weight excluding hydrogens is 226 g/mol. The minimum absolute atomic E-state index is 0.0975. The van der Waals surface area contributed by atoms with E-state index in [0.717, 1.165) is 12.8 Å². The smallest absolute Gasteiger partial charge is 0.237 e. The number of carbonyl (C=O) groups excluding carboxylic acids is 1. The fourth-order valence-electron chi connectivity index (χ4n) is 2.46. The number of nitrogens with one attached hydrogen (secondary N) is 1. The van der Waals surface area contributed by atoms with Crippen molar-refractivity contribution in [2.24, 2.45) is 11.7 Å². The summed E-state index contributed by atoms with van der Waals surface area (Å²) in [7, 11) is 2.02. The zero-order chi connectivity index (χ0) is 13.7. The monoisotopic (exact) mass is 255 g/mol. The van der Waals surface area contributed by atoms with Crippen LogP contribution in [0.5, 0.6) is 0 Å². The van der Waals surface area contributed by atoms with Crippen LogP contribution in [0.15, 0.2) is 0 Å². The molecule has 0 aromatic rings. The maximum atomic E-state index is 12.2. The molecule has 2 atom stereocenters. The van der Waals surface area contributed by atoms with E-state index in [4.69, 9.17) is 5.73 Å². The molecule has 0 aromatic heterocycles. The lowest BCUT2D eigenvalue weighted by atomic mass is 10.1. The van der Waals surface area contributed by atoms with Crippen molar-refractivity contribution in [3.8, 4) is 0 Å². The van der Waals surface area contributed by atoms with Crippen molar-refractivity contribution < 1.29 is 4.79 Å². The maximum absolute atomic E-state index is 12.2. The average molecular weight is 255 g/mol. The molecule has 3 N–H and O–H groups in total. The molecular formula is C14H29N3O. The van der Waals surface area contributed by atoms with Crippen LogP contribution in [0.1, 0.15) is 46.5 Å². The highest BCUT2D eigenvalue weighted by molar-refractivity contribution is 5.81. The summed E-state index contributed by atoms with van der Waals surface area (Å²) in [5.74, 6) is 0.827. The molecule has 4 heteroatoms. The molecule has 1 fully saturated rings. The lowest BCUT2D eigenvalue weighted by molar-refractivity contribution is -0.127. The Kier molecular flexibility index (Phi) is 6.09. The Labute approximate surface area is 111 Å². The van der Waals surface area contributed by atoms with Crippen molar-refractivity contribution in [2.45, 2.75) is 64.6 Å². The molecule has 1 saturated carbocycles. The Balaban J connectivity index is 2.50. The van der Waals surface area contributed by atoms with E-state index in [1.807, 2.05) is 14.0 Å². The Morgan fingerprint density at radius 3 is 2.33 bits per heavy atom. The largest absolute Gasteiger partial charge is 0.352 e. The minimum Gasteiger partial charge on any atom is -0.352 e. The molecule has 4 nitrogen and oxygen atoms in total. The normalized spacial score (nSPS) is 19.1. The minimum atomic E-state index is -0.0975. The second kappa shape index (κ2) is 7.10. The summed E-state index contributed by atoms with van der Waals surface area (Å²) in [5, 5.41) is 3.11. The zero-order valence-electron chi connectivity index (χ0n) is 12.3. The average Bonchev–Trinajstić information content (AvgIpc) is 3.19. The Morgan fingerprint density at radius 2 is 1.94 bits per heavy atom. The van der Waals surface area contributed by atoms with Crippen LogP contribution in [0, 0.1) is 5.92 Å². The fourth-order valence-corrected chi connectivity index (χ4v) is 2.46. The first-order valence-electron chi connectivity index (χ1n) is 7.27. The van der Waals surface area contributed by atoms with Crippen LogP contribution in [-0.2, 0) is 4.79 Å². The van der Waals surface area contributed by atoms with Gasteiger partial charge in [-0.25, -0.2) is 0 Å². The summed E-state index contributed by atoms with van der Waals surface area (Å²) in [5.41, 5.74) is 5.83. The molecule has 18 heavy (non-hydrogen) atoms. The number of nitrogens with two attached hydrogens (primary N) is 1. The van der Waals surface area contributed by atoms with Crippen LogP contribution < -0.4 is 11.1 Å². The van der Waals surface area contributed by atoms with Crippen LogP contribution in [-0.4, -0.2) is 42.5 Å². The summed E-state index contributed by atoms with van der Waals surface area (Å²) in [6, 6.07) is 0.554. The molecule has 0 bridgehead atoms. The van der Waals surface area contributed by atoms with E-state index in [-0.39, 0.29) is 11.9 Å². The van der Waals surface area contributed by atoms with Crippen LogP contribution in [0.2, 0.25) is 0 Å². The van der Waals surface area contributed by atoms with E-state index in [2.05, 4.69) is 24.1 Å². The van der Waals surface area contributed by atoms with Crippen LogP contribution in [0.3, 0.4) is 0 Å². The van der Waals surface area contributed by atoms with Gasteiger partial charge in [0.15, 0.2) is 0 Å². The van der Waals surface area contributed by atoms with Gasteiger partial charge in [0.05, 0.1) is 6.04 Å². The summed E-state index contributed by atoms with van der Waals surface area (Å²) >= 11 is 0. The van der Waals surface area contributed by atoms with Crippen molar-refractivity contribution in [2.75, 3.05) is 13.6 Å². The third kappa shape index (κ3) is 3.95. The van der Waals surface area contributed by atoms with Gasteiger partial charge < -0.3 is 11.1 Å². The molecule has 1 aliphatic rings. The van der Waals surface area contributed by atoms with Crippen molar-refractivity contribution >= 4 is 5.91 Å². The van der Waals surface area contributed by atoms with Gasteiger partial charge in [-0.05, 0) is 45.6 Å². The highest BCUT2D eigenvalue weighted by Crippen LogP contribution is 2.35. The molecule has 1 amide bonds. The van der Waals surface area contributed by atoms with Crippen molar-refractivity contribution in [1.82, 2.24) is 10.2 Å². The topological polar surface area (TPSA) is 58.4 Å². The SMILES string of the molecule is CCC(CC)NC(=O)C(C)N(C)C(CN)C1CC1. The first-order chi connectivity index (χ1) is 8.54. The molecule has 106 valence electrons. The molecule has 0 aliphatic heterocycles. The number of hydrogen-bond donors (Lipinski definition) is 2. The van der Waals surface area contributed by atoms with E-state index in [1.165, 1.54) is 12.8 Å². The molecule has 0 aromatic carbocycles. The van der Waals surface area contributed by atoms with E-state index >= 15 is 0 Å². The molecule has 2 unspecified atom stereocenters. The lowest BCUT2D eigenvalue weighted by Crippen LogP contribution is -2.52. The number of hydrogen-bond acceptors (Lipinski definition) is 3. The zero-order valence-corrected chi connectivity index (χ0v) is 12.3. The molecule has 0 radical (unpaired) electrons. The van der Waals surface area contributed by atoms with E-state index < -0.39 is 0 Å². The van der Waals surface area contributed by atoms with Gasteiger partial charge in [0.2, 0.25) is 5.91 Å². The number of nitrogens with zero attached hydrogens (tertiary/aromatic N) is 1. The van der Waals surface area contributed by atoms with Gasteiger partial charge in [-0.1, -0.05) is 13.8 Å². The lowest BCUT2D eigenvalue weighted by Gasteiger charge is -2.32. The number of carbonyl (C=O) groups is 1. The van der Waals surface area contributed by atoms with Gasteiger partial charge in [-0.3, -0.25) is 9.69 Å². The Bertz CT molecular complexity index is 262. The van der Waals surface area contributed by atoms with Crippen LogP contribution in [0.4, 0.5) is 0 Å². The number of rotatable bonds is 8. The summed E-state index contributed by atoms with van der Waals surface area (Å²) in [6.07, 6.45) is 4.49. The quantitative estimate of drug-likeness (QED) is 0.688. The second-order valence-electron chi connectivity index (χ2n) is 5.50. The van der Waals surface area contributed by atoms with Gasteiger partial charge in [-0.15, -0.1) is 0 Å². The summed E-state index contributed by atoms with van der Waals surface area (Å²) < 4.78 is 0. The fraction of sp³-hybridized carbons (Fsp3) is 0.929. The van der Waals surface area contributed by atoms with Crippen LogP contribution >= 0.6 is 0 Å². The van der Waals surface area contributed by atoms with Gasteiger partial charge in [0, 0.05) is 18.6 Å². The molecule has 0 saturated heterocycles. The van der Waals surface area contributed by atoms with E-state index in [1.54, 1.807) is 0 Å². The predicted molar refractivity (Wildman–Crippen MR) is 75.3 cm³/mol. The molecule has 0 spiro atoms. The van der Waals surface area contributed by atoms with Crippen LogP contribution in [0.25, 0.3) is 0 Å². The standard InChI is InChI=1S/C14H29N3O/c1-5-12(6-2)16-14(18)10(3)17(4)13(9-15)11-7-8-11/h10-13H,5-9,15H2,1-4H3,(H,16,18). The Hall–Kier alpha value is -0.610. The third-order valence-electron chi connectivity index (χ3n) is 4.25. The number of amides is 1. The summed E-state index contributed by atoms with van der Waals surface area (Å²) in [4.78, 5) is 14.3. The van der Waals surface area contributed by atoms with Crippen molar-refractivity contribution in [1.29, 1.82) is 0 Å². The van der Waals surface area contributed by atoms with E-state index in [0.29, 0.717) is 24.5 Å². The Morgan fingerprint density at radius 1 is 1.39 bits per heavy atom. The highest BCUT2D eigenvalue weighted by atomic mass is 16.2. The van der Waals surface area contributed by atoms with Gasteiger partial charge in [-0.2, -0.15) is 0 Å². The summed E-state index contributed by atoms with van der Waals surface area (Å²) in [6.45, 7) is 6.83. The van der Waals surface area contributed by atoms with Gasteiger partial charge in [0.25, 0.3) is 0 Å². The maximum Gasteiger partial charge on any atom is 0.237 e. The first-order valence-corrected chi connectivity index (χ1v) is 7.27. The molecule has 0 heterocycles. The highest BCUT2D eigenvalue weighted by Gasteiger charge is 2.36. The number of likely N-dealkylation sites (N-methyl/N-ethyl adjacent to an activating group) is 1. The van der Waals surface area contributed by atoms with Crippen molar-refractivity contribution in [3.63, 3.8) is 0 Å². The van der Waals surface area contributed by atoms with E-state index in [9.17, 15) is 4.79 Å². The second-order valence-corrected chi connectivity index (χ2v) is 5.50. The van der Waals surface area contributed by atoms with Gasteiger partial charge in [0.1, 0.15) is 0 Å². The van der Waals surface area contributed by atoms with Crippen molar-refractivity contribution in [3.05, 3.63) is 0 Å². The van der Waals surface area contributed by atoms with Gasteiger partial charge >= 0.3 is 0 Å². The first kappa shape index (κ1) is 15.4. The predicted octanol–water partition coefficient (Wildman–Crippen LogP) is 1.35. The molecule has 1 rings (SSSR count). The molecule has 1 aliphatic carbocycles.